The fourth-order valence-corrected chi connectivity index (χ4v) is 24.8. The van der Waals surface area contributed by atoms with Gasteiger partial charge in [-0.15, -0.1) is 0 Å². The summed E-state index contributed by atoms with van der Waals surface area (Å²) in [5, 5.41) is 10.6. The lowest BCUT2D eigenvalue weighted by Crippen LogP contribution is -2.48. The quantitative estimate of drug-likeness (QED) is 0.0847. The van der Waals surface area contributed by atoms with E-state index in [1.165, 1.54) is 206 Å². The van der Waals surface area contributed by atoms with Crippen LogP contribution < -0.4 is 0 Å². The van der Waals surface area contributed by atoms with E-state index in [0.717, 1.165) is 134 Å². The number of piperidine rings is 2. The third kappa shape index (κ3) is 19.3. The van der Waals surface area contributed by atoms with E-state index in [0.29, 0.717) is 72.3 Å². The number of benzene rings is 9. The van der Waals surface area contributed by atoms with Crippen molar-refractivity contribution in [2.45, 2.75) is 176 Å². The average molecular weight is 1620 g/mol. The molecule has 0 aromatic heterocycles. The molecule has 4 saturated heterocycles. The fraction of sp³-hybridized carbons (Fsp3) is 0.486. The van der Waals surface area contributed by atoms with E-state index in [1.54, 1.807) is 24.3 Å². The molecule has 9 aromatic carbocycles. The molecular formula is C107H126F4N6O3. The van der Waals surface area contributed by atoms with Crippen LogP contribution in [0.3, 0.4) is 0 Å². The van der Waals surface area contributed by atoms with Crippen LogP contribution in [0, 0.1) is 52.9 Å². The first-order valence-electron chi connectivity index (χ1n) is 46.3. The van der Waals surface area contributed by atoms with Gasteiger partial charge in [0.25, 0.3) is 0 Å². The van der Waals surface area contributed by atoms with Gasteiger partial charge < -0.3 is 29.4 Å². The SMILES string of the molecule is CC(=O)OCCN1CCN(CC2CC3c4ccccc4Cc4ccc(F)cc4C3C2)CC1.CC1CCN(CC2CC3c4ccccc4Cc4ccc(F)cc4C3C2)CC1.Fc1ccc2c(c1)C1CC(CN3CCCCC3)CC1c1ccccc1C2.OC(CN1CCN(CC2CC3c4ccccc4Cc4ccc(F)cc4C3C2)CC1)c1ccccc1. The Bertz CT molecular complexity index is 4970. The smallest absolute Gasteiger partial charge is 0.302 e. The third-order valence-electron chi connectivity index (χ3n) is 30.7. The zero-order chi connectivity index (χ0) is 81.7. The van der Waals surface area contributed by atoms with Gasteiger partial charge in [-0.25, -0.2) is 17.6 Å². The van der Waals surface area contributed by atoms with Gasteiger partial charge in [0.05, 0.1) is 6.10 Å². The highest BCUT2D eigenvalue weighted by molar-refractivity contribution is 5.66. The lowest BCUT2D eigenvalue weighted by molar-refractivity contribution is -0.141. The number of fused-ring (bicyclic) bond motifs is 20. The fourth-order valence-electron chi connectivity index (χ4n) is 24.8. The van der Waals surface area contributed by atoms with Crippen molar-refractivity contribution in [2.24, 2.45) is 29.6 Å². The minimum Gasteiger partial charge on any atom is -0.465 e. The Hall–Kier alpha value is -8.11. The number of piperazine rings is 2. The standard InChI is InChI=1S/C31H35FN2O.C27H33FN2O2.C25H30FN.C24H28FN/c32-26-11-10-25-18-24-8-4-5-9-27(24)29-16-22(17-30(29)28(25)19-26)20-33-12-14-34(15-13-33)21-31(35)23-6-2-1-3-7-23;1-19(31)32-13-12-29-8-10-30(11-9-29)18-20-14-26-24-5-3-2-4-21(24)16-22-6-7-23(28)17-25(22)27(26)15-20;1-17-8-10-27(11-9-17)16-18-12-24-22-5-3-2-4-19(22)14-20-6-7-21(26)15-23(20)25(24)13-18;25-20-9-8-19-14-18-6-2-3-7-21(18)23-12-17(13-24(23)22(19)15-20)16-26-10-4-1-5-11-26/h1-11,19,22,29-31,35H,12-18,20-21H2;2-7,17,20,26-27H,8-16,18H2,1H3;2-7,15,17-18,24-25H,8-14,16H2,1H3;2-3,6-9,15,17,23-24H,1,4-5,10-14,16H2. The summed E-state index contributed by atoms with van der Waals surface area (Å²) in [6.45, 7) is 23.9. The van der Waals surface area contributed by atoms with Gasteiger partial charge in [-0.05, 0) is 349 Å². The Morgan fingerprint density at radius 1 is 0.342 bits per heavy atom. The van der Waals surface area contributed by atoms with E-state index in [-0.39, 0.29) is 29.2 Å². The predicted octanol–water partition coefficient (Wildman–Crippen LogP) is 20.8. The molecule has 1 N–H and O–H groups in total. The van der Waals surface area contributed by atoms with Crippen LogP contribution in [0.4, 0.5) is 17.6 Å². The molecule has 8 aliphatic carbocycles. The summed E-state index contributed by atoms with van der Waals surface area (Å²) in [6, 6.07) is 67.5. The summed E-state index contributed by atoms with van der Waals surface area (Å²) in [5.74, 6) is 6.95. The van der Waals surface area contributed by atoms with Gasteiger partial charge in [0.2, 0.25) is 0 Å². The number of rotatable bonds is 14. The molecule has 9 aromatic rings. The van der Waals surface area contributed by atoms with E-state index in [4.69, 9.17) is 4.74 Å². The van der Waals surface area contributed by atoms with Crippen LogP contribution in [0.2, 0.25) is 0 Å². The second kappa shape index (κ2) is 37.9. The summed E-state index contributed by atoms with van der Waals surface area (Å²) in [6.07, 6.45) is 19.7. The van der Waals surface area contributed by atoms with Crippen molar-refractivity contribution in [1.82, 2.24) is 29.4 Å². The third-order valence-corrected chi connectivity index (χ3v) is 30.7. The molecule has 8 fully saturated rings. The van der Waals surface area contributed by atoms with E-state index in [9.17, 15) is 27.5 Å². The number of hydrogen-bond acceptors (Lipinski definition) is 9. The summed E-state index contributed by atoms with van der Waals surface area (Å²) in [5.41, 5.74) is 23.1. The minimum absolute atomic E-state index is 0.0760. The monoisotopic (exact) mass is 1620 g/mol. The summed E-state index contributed by atoms with van der Waals surface area (Å²) >= 11 is 0. The van der Waals surface area contributed by atoms with Crippen molar-refractivity contribution in [3.8, 4) is 0 Å². The summed E-state index contributed by atoms with van der Waals surface area (Å²) in [4.78, 5) is 26.3. The normalized spacial score (nSPS) is 26.7. The van der Waals surface area contributed by atoms with Crippen LogP contribution in [0.1, 0.15) is 245 Å². The number of carbonyl (C=O) groups is 1. The number of nitrogens with zero attached hydrogens (tertiary/aromatic N) is 6. The first-order valence-corrected chi connectivity index (χ1v) is 46.3. The van der Waals surface area contributed by atoms with Crippen LogP contribution in [0.15, 0.2) is 200 Å². The molecule has 0 spiro atoms. The Kier molecular flexibility index (Phi) is 26.2. The maximum absolute atomic E-state index is 14.3. The van der Waals surface area contributed by atoms with Crippen LogP contribution >= 0.6 is 0 Å². The van der Waals surface area contributed by atoms with Crippen molar-refractivity contribution < 1.29 is 32.2 Å². The van der Waals surface area contributed by atoms with Crippen LogP contribution in [0.5, 0.6) is 0 Å². The van der Waals surface area contributed by atoms with E-state index in [2.05, 4.69) is 133 Å². The number of esters is 1. The van der Waals surface area contributed by atoms with Gasteiger partial charge in [0.1, 0.15) is 29.9 Å². The van der Waals surface area contributed by atoms with Gasteiger partial charge in [-0.3, -0.25) is 14.6 Å². The predicted molar refractivity (Wildman–Crippen MR) is 474 cm³/mol. The molecule has 9 nitrogen and oxygen atoms in total. The molecule has 0 bridgehead atoms. The first-order chi connectivity index (χ1) is 58.6. The van der Waals surface area contributed by atoms with E-state index >= 15 is 0 Å². The zero-order valence-corrected chi connectivity index (χ0v) is 71.1. The molecule has 120 heavy (non-hydrogen) atoms. The molecule has 13 atom stereocenters. The van der Waals surface area contributed by atoms with Crippen LogP contribution in [-0.4, -0.2) is 165 Å². The minimum atomic E-state index is -0.426. The van der Waals surface area contributed by atoms with Gasteiger partial charge in [0, 0.05) is 98.6 Å². The van der Waals surface area contributed by atoms with E-state index < -0.39 is 6.10 Å². The van der Waals surface area contributed by atoms with Gasteiger partial charge in [-0.2, -0.15) is 0 Å². The van der Waals surface area contributed by atoms with Crippen LogP contribution in [0.25, 0.3) is 0 Å². The van der Waals surface area contributed by atoms with Gasteiger partial charge in [0.15, 0.2) is 0 Å². The number of aliphatic hydroxyl groups excluding tert-OH is 1. The lowest BCUT2D eigenvalue weighted by atomic mass is 9.84. The number of β-amino-alcohol motifs (C(OH)–C–C–N with tert-alkyl or cyclic N) is 1. The number of hydrogen-bond donors (Lipinski definition) is 1. The Morgan fingerprint density at radius 3 is 0.967 bits per heavy atom. The number of aliphatic hydroxyl groups is 1. The van der Waals surface area contributed by atoms with Crippen molar-refractivity contribution >= 4 is 5.97 Å². The molecule has 21 rings (SSSR count). The second-order valence-corrected chi connectivity index (χ2v) is 38.4. The molecule has 13 heteroatoms. The molecular weight excluding hydrogens is 1490 g/mol. The van der Waals surface area contributed by atoms with Gasteiger partial charge in [-0.1, -0.05) is 165 Å². The number of carbonyl (C=O) groups excluding carboxylic acids is 1. The zero-order valence-electron chi connectivity index (χ0n) is 71.1. The molecule has 13 unspecified atom stereocenters. The summed E-state index contributed by atoms with van der Waals surface area (Å²) in [7, 11) is 0. The number of halogens is 4. The van der Waals surface area contributed by atoms with Crippen LogP contribution in [-0.2, 0) is 35.2 Å². The second-order valence-electron chi connectivity index (χ2n) is 38.4. The Balaban J connectivity index is 0.000000110. The molecule has 0 amide bonds. The number of ether oxygens (including phenoxy) is 1. The van der Waals surface area contributed by atoms with Crippen molar-refractivity contribution in [3.05, 3.63) is 318 Å². The maximum atomic E-state index is 14.3. The Morgan fingerprint density at radius 2 is 0.625 bits per heavy atom. The first kappa shape index (κ1) is 82.8. The molecule has 4 aliphatic heterocycles. The summed E-state index contributed by atoms with van der Waals surface area (Å²) < 4.78 is 61.8. The Labute approximate surface area is 711 Å². The highest BCUT2D eigenvalue weighted by Gasteiger charge is 2.46. The highest BCUT2D eigenvalue weighted by Crippen LogP contribution is 2.57. The van der Waals surface area contributed by atoms with E-state index in [1.807, 2.05) is 78.9 Å². The number of likely N-dealkylation sites (tertiary alicyclic amines) is 2. The highest BCUT2D eigenvalue weighted by atomic mass is 19.1. The molecule has 4 saturated carbocycles. The average Bonchev–Trinajstić information content (AvgIpc) is 1.63. The topological polar surface area (TPSA) is 66.0 Å². The molecule has 630 valence electrons. The van der Waals surface area contributed by atoms with Crippen molar-refractivity contribution in [1.29, 1.82) is 0 Å². The van der Waals surface area contributed by atoms with Crippen molar-refractivity contribution in [2.75, 3.05) is 124 Å². The molecule has 0 radical (unpaired) electrons. The van der Waals surface area contributed by atoms with Crippen molar-refractivity contribution in [3.63, 3.8) is 0 Å². The molecule has 12 aliphatic rings. The van der Waals surface area contributed by atoms with Gasteiger partial charge >= 0.3 is 5.97 Å². The molecule has 4 heterocycles. The lowest BCUT2D eigenvalue weighted by Gasteiger charge is -2.36. The maximum Gasteiger partial charge on any atom is 0.302 e. The largest absolute Gasteiger partial charge is 0.465 e.